The lowest BCUT2D eigenvalue weighted by Crippen LogP contribution is -2.27. The number of hydrogen-bond acceptors (Lipinski definition) is 4. The molecule has 6 nitrogen and oxygen atoms in total. The number of halogens is 1. The first-order valence-corrected chi connectivity index (χ1v) is 7.97. The molecular weight excluding hydrogens is 328 g/mol. The van der Waals surface area contributed by atoms with Crippen molar-refractivity contribution in [3.05, 3.63) is 50.7 Å². The van der Waals surface area contributed by atoms with Crippen molar-refractivity contribution in [2.24, 2.45) is 0 Å². The van der Waals surface area contributed by atoms with Crippen LogP contribution in [0.25, 0.3) is 0 Å². The number of aromatic nitrogens is 2. The van der Waals surface area contributed by atoms with Gasteiger partial charge in [0.2, 0.25) is 0 Å². The van der Waals surface area contributed by atoms with Crippen molar-refractivity contribution in [3.8, 4) is 0 Å². The smallest absolute Gasteiger partial charge is 0.264 e. The summed E-state index contributed by atoms with van der Waals surface area (Å²) >= 11 is 6.20. The Morgan fingerprint density at radius 2 is 2.00 bits per heavy atom. The number of H-pyrrole nitrogens is 1. The topological polar surface area (TPSA) is 78.1 Å². The highest BCUT2D eigenvalue weighted by Crippen LogP contribution is 2.27. The third-order valence-electron chi connectivity index (χ3n) is 3.58. The summed E-state index contributed by atoms with van der Waals surface area (Å²) in [6, 6.07) is 5.18. The molecule has 0 bridgehead atoms. The maximum atomic E-state index is 12.4. The van der Waals surface area contributed by atoms with Gasteiger partial charge in [0.25, 0.3) is 11.5 Å². The van der Waals surface area contributed by atoms with Gasteiger partial charge in [0.05, 0.1) is 16.4 Å². The van der Waals surface area contributed by atoms with Crippen LogP contribution < -0.4 is 15.8 Å². The predicted octanol–water partition coefficient (Wildman–Crippen LogP) is 3.17. The van der Waals surface area contributed by atoms with Crippen LogP contribution in [0.4, 0.5) is 11.4 Å². The van der Waals surface area contributed by atoms with E-state index in [0.717, 1.165) is 5.69 Å². The van der Waals surface area contributed by atoms with Crippen LogP contribution in [0.2, 0.25) is 5.02 Å². The Balaban J connectivity index is 2.31. The van der Waals surface area contributed by atoms with E-state index < -0.39 is 11.5 Å². The SMILES string of the molecule is Cc1nc(C(C)C)[nH]c(=O)c1C(=O)Nc1ccc(N(C)C)c(Cl)c1. The van der Waals surface area contributed by atoms with Crippen molar-refractivity contribution >= 4 is 28.9 Å². The summed E-state index contributed by atoms with van der Waals surface area (Å²) in [4.78, 5) is 33.5. The first kappa shape index (κ1) is 18.0. The Morgan fingerprint density at radius 1 is 1.33 bits per heavy atom. The van der Waals surface area contributed by atoms with Gasteiger partial charge < -0.3 is 15.2 Å². The maximum Gasteiger partial charge on any atom is 0.264 e. The molecule has 0 aliphatic heterocycles. The second kappa shape index (κ2) is 7.05. The number of amides is 1. The lowest BCUT2D eigenvalue weighted by atomic mass is 10.1. The zero-order valence-electron chi connectivity index (χ0n) is 14.4. The van der Waals surface area contributed by atoms with E-state index in [0.29, 0.717) is 22.2 Å². The lowest BCUT2D eigenvalue weighted by molar-refractivity contribution is 0.102. The summed E-state index contributed by atoms with van der Waals surface area (Å²) in [7, 11) is 3.76. The van der Waals surface area contributed by atoms with Crippen LogP contribution in [0.3, 0.4) is 0 Å². The quantitative estimate of drug-likeness (QED) is 0.889. The molecule has 1 amide bonds. The summed E-state index contributed by atoms with van der Waals surface area (Å²) in [6.45, 7) is 5.50. The van der Waals surface area contributed by atoms with Crippen molar-refractivity contribution in [1.29, 1.82) is 0 Å². The van der Waals surface area contributed by atoms with Gasteiger partial charge in [-0.25, -0.2) is 4.98 Å². The molecule has 7 heteroatoms. The fraction of sp³-hybridized carbons (Fsp3) is 0.353. The number of nitrogens with zero attached hydrogens (tertiary/aromatic N) is 2. The zero-order valence-corrected chi connectivity index (χ0v) is 15.2. The van der Waals surface area contributed by atoms with Crippen LogP contribution in [-0.2, 0) is 0 Å². The minimum absolute atomic E-state index is 0.00667. The molecule has 2 N–H and O–H groups in total. The summed E-state index contributed by atoms with van der Waals surface area (Å²) in [5.74, 6) is 0.128. The van der Waals surface area contributed by atoms with Crippen molar-refractivity contribution in [3.63, 3.8) is 0 Å². The Morgan fingerprint density at radius 3 is 2.50 bits per heavy atom. The standard InChI is InChI=1S/C17H21ClN4O2/c1-9(2)15-19-10(3)14(17(24)21-15)16(23)20-11-6-7-13(22(4)5)12(18)8-11/h6-9H,1-5H3,(H,20,23)(H,19,21,24). The van der Waals surface area contributed by atoms with Crippen molar-refractivity contribution in [2.45, 2.75) is 26.7 Å². The van der Waals surface area contributed by atoms with Gasteiger partial charge in [0.1, 0.15) is 11.4 Å². The normalized spacial score (nSPS) is 10.8. The van der Waals surface area contributed by atoms with E-state index in [1.54, 1.807) is 25.1 Å². The Labute approximate surface area is 145 Å². The van der Waals surface area contributed by atoms with Gasteiger partial charge in [0, 0.05) is 25.7 Å². The predicted molar refractivity (Wildman–Crippen MR) is 97.4 cm³/mol. The van der Waals surface area contributed by atoms with E-state index >= 15 is 0 Å². The first-order chi connectivity index (χ1) is 11.2. The molecule has 0 radical (unpaired) electrons. The third-order valence-corrected chi connectivity index (χ3v) is 3.88. The molecular formula is C17H21ClN4O2. The number of benzene rings is 1. The van der Waals surface area contributed by atoms with Crippen molar-refractivity contribution in [2.75, 3.05) is 24.3 Å². The van der Waals surface area contributed by atoms with Crippen molar-refractivity contribution < 1.29 is 4.79 Å². The molecule has 1 aromatic carbocycles. The highest BCUT2D eigenvalue weighted by atomic mass is 35.5. The summed E-state index contributed by atoms with van der Waals surface area (Å²) in [5.41, 5.74) is 1.32. The summed E-state index contributed by atoms with van der Waals surface area (Å²) in [5, 5.41) is 3.20. The van der Waals surface area contributed by atoms with Gasteiger partial charge in [-0.2, -0.15) is 0 Å². The van der Waals surface area contributed by atoms with Gasteiger partial charge in [-0.3, -0.25) is 9.59 Å². The number of hydrogen-bond donors (Lipinski definition) is 2. The molecule has 0 aliphatic carbocycles. The van der Waals surface area contributed by atoms with E-state index in [9.17, 15) is 9.59 Å². The van der Waals surface area contributed by atoms with E-state index in [4.69, 9.17) is 11.6 Å². The molecule has 0 saturated carbocycles. The number of anilines is 2. The van der Waals surface area contributed by atoms with Crippen LogP contribution in [-0.4, -0.2) is 30.0 Å². The Hall–Kier alpha value is -2.34. The number of rotatable bonds is 4. The number of aryl methyl sites for hydroxylation is 1. The molecule has 0 aliphatic rings. The fourth-order valence-electron chi connectivity index (χ4n) is 2.29. The number of nitrogens with one attached hydrogen (secondary N) is 2. The monoisotopic (exact) mass is 348 g/mol. The van der Waals surface area contributed by atoms with Crippen LogP contribution in [0.1, 0.15) is 41.6 Å². The maximum absolute atomic E-state index is 12.4. The Kier molecular flexibility index (Phi) is 5.29. The fourth-order valence-corrected chi connectivity index (χ4v) is 2.64. The molecule has 1 aromatic heterocycles. The largest absolute Gasteiger partial charge is 0.376 e. The minimum Gasteiger partial charge on any atom is -0.376 e. The highest BCUT2D eigenvalue weighted by Gasteiger charge is 2.18. The van der Waals surface area contributed by atoms with Gasteiger partial charge >= 0.3 is 0 Å². The summed E-state index contributed by atoms with van der Waals surface area (Å²) < 4.78 is 0. The molecule has 128 valence electrons. The van der Waals surface area contributed by atoms with E-state index in [1.165, 1.54) is 0 Å². The summed E-state index contributed by atoms with van der Waals surface area (Å²) in [6.07, 6.45) is 0. The number of carbonyl (C=O) groups is 1. The number of aromatic amines is 1. The third kappa shape index (κ3) is 3.76. The average Bonchev–Trinajstić information content (AvgIpc) is 2.45. The van der Waals surface area contributed by atoms with E-state index in [-0.39, 0.29) is 11.5 Å². The molecule has 2 rings (SSSR count). The van der Waals surface area contributed by atoms with Crippen LogP contribution in [0.15, 0.2) is 23.0 Å². The molecule has 0 saturated heterocycles. The second-order valence-corrected chi connectivity index (χ2v) is 6.49. The first-order valence-electron chi connectivity index (χ1n) is 7.59. The Bertz CT molecular complexity index is 828. The molecule has 0 atom stereocenters. The van der Waals surface area contributed by atoms with Gasteiger partial charge in [-0.05, 0) is 25.1 Å². The van der Waals surface area contributed by atoms with E-state index in [2.05, 4.69) is 15.3 Å². The minimum atomic E-state index is -0.509. The average molecular weight is 349 g/mol. The van der Waals surface area contributed by atoms with Crippen LogP contribution in [0, 0.1) is 6.92 Å². The molecule has 0 spiro atoms. The highest BCUT2D eigenvalue weighted by molar-refractivity contribution is 6.33. The second-order valence-electron chi connectivity index (χ2n) is 6.08. The molecule has 1 heterocycles. The van der Waals surface area contributed by atoms with Gasteiger partial charge in [0.15, 0.2) is 0 Å². The molecule has 2 aromatic rings. The van der Waals surface area contributed by atoms with E-state index in [1.807, 2.05) is 32.8 Å². The molecule has 24 heavy (non-hydrogen) atoms. The lowest BCUT2D eigenvalue weighted by Gasteiger charge is -2.15. The van der Waals surface area contributed by atoms with Gasteiger partial charge in [-0.15, -0.1) is 0 Å². The zero-order chi connectivity index (χ0) is 18.0. The molecule has 0 fully saturated rings. The van der Waals surface area contributed by atoms with Crippen molar-refractivity contribution in [1.82, 2.24) is 9.97 Å². The van der Waals surface area contributed by atoms with Gasteiger partial charge in [-0.1, -0.05) is 25.4 Å². The van der Waals surface area contributed by atoms with Crippen LogP contribution >= 0.6 is 11.6 Å². The molecule has 0 unspecified atom stereocenters. The number of carbonyl (C=O) groups excluding carboxylic acids is 1. The van der Waals surface area contributed by atoms with Crippen LogP contribution in [0.5, 0.6) is 0 Å².